The van der Waals surface area contributed by atoms with E-state index in [-0.39, 0.29) is 5.75 Å². The van der Waals surface area contributed by atoms with Crippen LogP contribution in [0.5, 0.6) is 17.2 Å². The maximum Gasteiger partial charge on any atom is 0.573 e. The Hall–Kier alpha value is -2.17. The predicted molar refractivity (Wildman–Crippen MR) is 78.6 cm³/mol. The van der Waals surface area contributed by atoms with Gasteiger partial charge in [-0.3, -0.25) is 0 Å². The monoisotopic (exact) mass is 310 g/mol. The maximum atomic E-state index is 12.4. The Balaban J connectivity index is 2.40. The Labute approximate surface area is 127 Å². The largest absolute Gasteiger partial charge is 0.573 e. The van der Waals surface area contributed by atoms with Crippen LogP contribution in [0.1, 0.15) is 22.3 Å². The molecular formula is C17H17F3O2. The van der Waals surface area contributed by atoms with E-state index in [4.69, 9.17) is 4.74 Å². The standard InChI is InChI=1S/C17H17F3O2/c1-10-7-11(2)9-14(8-10)21-16-12(3)5-6-15(13(16)4)22-17(18,19)20/h5-9H,1-4H3. The molecule has 0 aliphatic carbocycles. The van der Waals surface area contributed by atoms with Crippen LogP contribution in [0.4, 0.5) is 13.2 Å². The quantitative estimate of drug-likeness (QED) is 0.733. The second-order valence-electron chi connectivity index (χ2n) is 5.31. The molecule has 0 fully saturated rings. The lowest BCUT2D eigenvalue weighted by atomic mass is 10.1. The fourth-order valence-corrected chi connectivity index (χ4v) is 2.31. The molecule has 0 saturated heterocycles. The Morgan fingerprint density at radius 3 is 2.00 bits per heavy atom. The lowest BCUT2D eigenvalue weighted by molar-refractivity contribution is -0.274. The highest BCUT2D eigenvalue weighted by atomic mass is 19.4. The van der Waals surface area contributed by atoms with Crippen LogP contribution in [-0.4, -0.2) is 6.36 Å². The van der Waals surface area contributed by atoms with Crippen LogP contribution < -0.4 is 9.47 Å². The molecule has 5 heteroatoms. The average Bonchev–Trinajstić information content (AvgIpc) is 2.35. The van der Waals surface area contributed by atoms with E-state index in [2.05, 4.69) is 4.74 Å². The zero-order valence-electron chi connectivity index (χ0n) is 12.8. The van der Waals surface area contributed by atoms with E-state index in [1.54, 1.807) is 19.9 Å². The fraction of sp³-hybridized carbons (Fsp3) is 0.294. The van der Waals surface area contributed by atoms with Crippen molar-refractivity contribution in [1.29, 1.82) is 0 Å². The summed E-state index contributed by atoms with van der Waals surface area (Å²) >= 11 is 0. The van der Waals surface area contributed by atoms with Crippen molar-refractivity contribution in [3.05, 3.63) is 52.6 Å². The second kappa shape index (κ2) is 5.91. The van der Waals surface area contributed by atoms with Gasteiger partial charge in [0, 0.05) is 5.56 Å². The van der Waals surface area contributed by atoms with Gasteiger partial charge in [-0.15, -0.1) is 13.2 Å². The fourth-order valence-electron chi connectivity index (χ4n) is 2.31. The summed E-state index contributed by atoms with van der Waals surface area (Å²) in [5.74, 6) is 0.720. The summed E-state index contributed by atoms with van der Waals surface area (Å²) in [5.41, 5.74) is 3.10. The summed E-state index contributed by atoms with van der Waals surface area (Å²) in [7, 11) is 0. The van der Waals surface area contributed by atoms with Gasteiger partial charge in [0.15, 0.2) is 0 Å². The lowest BCUT2D eigenvalue weighted by Crippen LogP contribution is -2.18. The Morgan fingerprint density at radius 1 is 0.864 bits per heavy atom. The summed E-state index contributed by atoms with van der Waals surface area (Å²) < 4.78 is 47.1. The van der Waals surface area contributed by atoms with E-state index >= 15 is 0 Å². The molecule has 0 radical (unpaired) electrons. The van der Waals surface area contributed by atoms with Gasteiger partial charge < -0.3 is 9.47 Å². The van der Waals surface area contributed by atoms with Crippen molar-refractivity contribution in [1.82, 2.24) is 0 Å². The van der Waals surface area contributed by atoms with Gasteiger partial charge in [0.25, 0.3) is 0 Å². The maximum absolute atomic E-state index is 12.4. The van der Waals surface area contributed by atoms with Gasteiger partial charge >= 0.3 is 6.36 Å². The average molecular weight is 310 g/mol. The van der Waals surface area contributed by atoms with Crippen LogP contribution in [0.3, 0.4) is 0 Å². The van der Waals surface area contributed by atoms with E-state index in [1.165, 1.54) is 6.07 Å². The zero-order valence-corrected chi connectivity index (χ0v) is 12.8. The minimum Gasteiger partial charge on any atom is -0.457 e. The van der Waals surface area contributed by atoms with Gasteiger partial charge in [0.1, 0.15) is 17.2 Å². The van der Waals surface area contributed by atoms with Crippen LogP contribution in [0.15, 0.2) is 30.3 Å². The van der Waals surface area contributed by atoms with Crippen molar-refractivity contribution in [2.24, 2.45) is 0 Å². The summed E-state index contributed by atoms with van der Waals surface area (Å²) in [6.07, 6.45) is -4.72. The van der Waals surface area contributed by atoms with E-state index in [0.717, 1.165) is 16.7 Å². The topological polar surface area (TPSA) is 18.5 Å². The van der Waals surface area contributed by atoms with Gasteiger partial charge in [0.2, 0.25) is 0 Å². The Kier molecular flexibility index (Phi) is 4.35. The molecule has 0 N–H and O–H groups in total. The first kappa shape index (κ1) is 16.2. The SMILES string of the molecule is Cc1cc(C)cc(Oc2c(C)ccc(OC(F)(F)F)c2C)c1. The second-order valence-corrected chi connectivity index (χ2v) is 5.31. The molecule has 0 heterocycles. The lowest BCUT2D eigenvalue weighted by Gasteiger charge is -2.17. The number of ether oxygens (including phenoxy) is 2. The minimum atomic E-state index is -4.72. The van der Waals surface area contributed by atoms with Crippen LogP contribution in [-0.2, 0) is 0 Å². The molecule has 0 spiro atoms. The molecule has 0 aliphatic heterocycles. The number of hydrogen-bond acceptors (Lipinski definition) is 2. The summed E-state index contributed by atoms with van der Waals surface area (Å²) in [6, 6.07) is 8.51. The molecule has 0 amide bonds. The highest BCUT2D eigenvalue weighted by molar-refractivity contribution is 5.51. The zero-order chi connectivity index (χ0) is 16.5. The molecule has 0 atom stereocenters. The molecule has 0 aliphatic rings. The predicted octanol–water partition coefficient (Wildman–Crippen LogP) is 5.61. The van der Waals surface area contributed by atoms with Gasteiger partial charge in [-0.25, -0.2) is 0 Å². The molecule has 22 heavy (non-hydrogen) atoms. The number of halogens is 3. The number of benzene rings is 2. The van der Waals surface area contributed by atoms with Crippen LogP contribution in [0, 0.1) is 27.7 Å². The molecule has 2 rings (SSSR count). The normalized spacial score (nSPS) is 11.4. The van der Waals surface area contributed by atoms with Crippen LogP contribution >= 0.6 is 0 Å². The van der Waals surface area contributed by atoms with Crippen molar-refractivity contribution in [3.8, 4) is 17.2 Å². The molecule has 0 unspecified atom stereocenters. The molecular weight excluding hydrogens is 293 g/mol. The summed E-state index contributed by atoms with van der Waals surface area (Å²) in [4.78, 5) is 0. The number of alkyl halides is 3. The molecule has 2 nitrogen and oxygen atoms in total. The Bertz CT molecular complexity index is 671. The first-order valence-corrected chi connectivity index (χ1v) is 6.78. The van der Waals surface area contributed by atoms with Crippen molar-refractivity contribution in [2.45, 2.75) is 34.1 Å². The van der Waals surface area contributed by atoms with Gasteiger partial charge in [0.05, 0.1) is 0 Å². The van der Waals surface area contributed by atoms with Gasteiger partial charge in [-0.05, 0) is 62.6 Å². The van der Waals surface area contributed by atoms with E-state index < -0.39 is 6.36 Å². The van der Waals surface area contributed by atoms with Crippen molar-refractivity contribution in [3.63, 3.8) is 0 Å². The molecule has 0 saturated carbocycles. The first-order valence-electron chi connectivity index (χ1n) is 6.78. The molecule has 0 aromatic heterocycles. The van der Waals surface area contributed by atoms with Crippen LogP contribution in [0.25, 0.3) is 0 Å². The molecule has 118 valence electrons. The van der Waals surface area contributed by atoms with Crippen molar-refractivity contribution >= 4 is 0 Å². The number of rotatable bonds is 3. The molecule has 2 aromatic rings. The molecule has 0 bridgehead atoms. The Morgan fingerprint density at radius 2 is 1.45 bits per heavy atom. The third-order valence-corrected chi connectivity index (χ3v) is 3.19. The van der Waals surface area contributed by atoms with Gasteiger partial charge in [-0.1, -0.05) is 12.1 Å². The minimum absolute atomic E-state index is 0.252. The smallest absolute Gasteiger partial charge is 0.457 e. The third-order valence-electron chi connectivity index (χ3n) is 3.19. The van der Waals surface area contributed by atoms with E-state index in [9.17, 15) is 13.2 Å². The van der Waals surface area contributed by atoms with E-state index in [0.29, 0.717) is 17.1 Å². The number of aryl methyl sites for hydroxylation is 3. The summed E-state index contributed by atoms with van der Waals surface area (Å²) in [5, 5.41) is 0. The molecule has 2 aromatic carbocycles. The number of hydrogen-bond donors (Lipinski definition) is 0. The first-order chi connectivity index (χ1) is 10.2. The van der Waals surface area contributed by atoms with Crippen molar-refractivity contribution < 1.29 is 22.6 Å². The van der Waals surface area contributed by atoms with E-state index in [1.807, 2.05) is 32.0 Å². The summed E-state index contributed by atoms with van der Waals surface area (Å²) in [6.45, 7) is 7.19. The highest BCUT2D eigenvalue weighted by Crippen LogP contribution is 2.37. The van der Waals surface area contributed by atoms with Crippen LogP contribution in [0.2, 0.25) is 0 Å². The van der Waals surface area contributed by atoms with Crippen molar-refractivity contribution in [2.75, 3.05) is 0 Å². The van der Waals surface area contributed by atoms with Gasteiger partial charge in [-0.2, -0.15) is 0 Å². The highest BCUT2D eigenvalue weighted by Gasteiger charge is 2.32. The third kappa shape index (κ3) is 3.93.